The third-order valence-corrected chi connectivity index (χ3v) is 3.08. The van der Waals surface area contributed by atoms with Crippen LogP contribution in [0.3, 0.4) is 0 Å². The SMILES string of the molecule is NC(=O)Oc1ccc(Oc2cc(Cl)ncn2)c2ccccc12. The number of hydrogen-bond donors (Lipinski definition) is 1. The van der Waals surface area contributed by atoms with Gasteiger partial charge >= 0.3 is 6.09 Å². The van der Waals surface area contributed by atoms with E-state index in [1.807, 2.05) is 18.2 Å². The van der Waals surface area contributed by atoms with Crippen LogP contribution in [0.15, 0.2) is 48.8 Å². The first-order valence-corrected chi connectivity index (χ1v) is 6.66. The molecule has 0 aliphatic rings. The molecule has 2 aromatic carbocycles. The maximum Gasteiger partial charge on any atom is 0.409 e. The molecule has 1 heterocycles. The predicted molar refractivity (Wildman–Crippen MR) is 81.3 cm³/mol. The Morgan fingerprint density at radius 1 is 1.05 bits per heavy atom. The third kappa shape index (κ3) is 2.91. The van der Waals surface area contributed by atoms with Crippen molar-refractivity contribution in [2.24, 2.45) is 5.73 Å². The van der Waals surface area contributed by atoms with Gasteiger partial charge in [-0.2, -0.15) is 0 Å². The molecule has 0 saturated carbocycles. The van der Waals surface area contributed by atoms with Gasteiger partial charge in [0.1, 0.15) is 23.0 Å². The van der Waals surface area contributed by atoms with Gasteiger partial charge < -0.3 is 15.2 Å². The van der Waals surface area contributed by atoms with E-state index in [2.05, 4.69) is 9.97 Å². The average Bonchev–Trinajstić information content (AvgIpc) is 2.49. The number of amides is 1. The van der Waals surface area contributed by atoms with Crippen LogP contribution in [0.2, 0.25) is 5.15 Å². The zero-order chi connectivity index (χ0) is 15.5. The number of hydrogen-bond acceptors (Lipinski definition) is 5. The van der Waals surface area contributed by atoms with Gasteiger partial charge in [0.15, 0.2) is 0 Å². The minimum absolute atomic E-state index is 0.281. The summed E-state index contributed by atoms with van der Waals surface area (Å²) in [6.45, 7) is 0. The lowest BCUT2D eigenvalue weighted by Crippen LogP contribution is -2.16. The molecule has 0 saturated heterocycles. The first-order chi connectivity index (χ1) is 10.6. The van der Waals surface area contributed by atoms with Crippen molar-refractivity contribution < 1.29 is 14.3 Å². The molecular formula is C15H10ClN3O3. The number of ether oxygens (including phenoxy) is 2. The summed E-state index contributed by atoms with van der Waals surface area (Å²) in [5.41, 5.74) is 5.07. The summed E-state index contributed by atoms with van der Waals surface area (Å²) in [5, 5.41) is 1.72. The fraction of sp³-hybridized carbons (Fsp3) is 0. The Balaban J connectivity index is 2.06. The molecule has 0 spiro atoms. The average molecular weight is 316 g/mol. The zero-order valence-electron chi connectivity index (χ0n) is 11.2. The fourth-order valence-corrected chi connectivity index (χ4v) is 2.15. The van der Waals surface area contributed by atoms with Gasteiger partial charge in [0.2, 0.25) is 5.88 Å². The summed E-state index contributed by atoms with van der Waals surface area (Å²) in [7, 11) is 0. The van der Waals surface area contributed by atoms with Crippen molar-refractivity contribution in [2.75, 3.05) is 0 Å². The minimum atomic E-state index is -0.874. The summed E-state index contributed by atoms with van der Waals surface area (Å²) >= 11 is 5.81. The maximum absolute atomic E-state index is 11.0. The van der Waals surface area contributed by atoms with Gasteiger partial charge in [-0.15, -0.1) is 0 Å². The van der Waals surface area contributed by atoms with Crippen molar-refractivity contribution in [2.45, 2.75) is 0 Å². The second-order valence-corrected chi connectivity index (χ2v) is 4.70. The predicted octanol–water partition coefficient (Wildman–Crippen LogP) is 3.53. The zero-order valence-corrected chi connectivity index (χ0v) is 11.9. The summed E-state index contributed by atoms with van der Waals surface area (Å²) < 4.78 is 10.7. The number of rotatable bonds is 3. The molecule has 22 heavy (non-hydrogen) atoms. The molecule has 0 atom stereocenters. The second kappa shape index (κ2) is 5.87. The Kier molecular flexibility index (Phi) is 3.76. The van der Waals surface area contributed by atoms with Gasteiger partial charge in [-0.3, -0.25) is 0 Å². The Morgan fingerprint density at radius 3 is 2.41 bits per heavy atom. The van der Waals surface area contributed by atoms with E-state index >= 15 is 0 Å². The lowest BCUT2D eigenvalue weighted by Gasteiger charge is -2.11. The van der Waals surface area contributed by atoms with E-state index in [0.29, 0.717) is 22.8 Å². The summed E-state index contributed by atoms with van der Waals surface area (Å²) in [6, 6.07) is 12.1. The van der Waals surface area contributed by atoms with Crippen molar-refractivity contribution in [1.29, 1.82) is 0 Å². The lowest BCUT2D eigenvalue weighted by atomic mass is 10.1. The highest BCUT2D eigenvalue weighted by Crippen LogP contribution is 2.35. The van der Waals surface area contributed by atoms with Gasteiger partial charge in [-0.25, -0.2) is 14.8 Å². The number of carbonyl (C=O) groups excluding carboxylic acids is 1. The Hall–Kier alpha value is -2.86. The van der Waals surface area contributed by atoms with Crippen LogP contribution in [0.25, 0.3) is 10.8 Å². The monoisotopic (exact) mass is 315 g/mol. The van der Waals surface area contributed by atoms with Crippen LogP contribution in [0.1, 0.15) is 0 Å². The molecule has 2 N–H and O–H groups in total. The van der Waals surface area contributed by atoms with Crippen molar-refractivity contribution in [1.82, 2.24) is 9.97 Å². The molecule has 110 valence electrons. The molecule has 0 unspecified atom stereocenters. The topological polar surface area (TPSA) is 87.3 Å². The number of nitrogens with two attached hydrogens (primary N) is 1. The largest absolute Gasteiger partial charge is 0.438 e. The molecule has 6 nitrogen and oxygen atoms in total. The smallest absolute Gasteiger partial charge is 0.409 e. The maximum atomic E-state index is 11.0. The molecule has 0 aliphatic heterocycles. The molecule has 0 bridgehead atoms. The summed E-state index contributed by atoms with van der Waals surface area (Å²) in [6.07, 6.45) is 0.436. The van der Waals surface area contributed by atoms with E-state index < -0.39 is 6.09 Å². The van der Waals surface area contributed by atoms with Crippen molar-refractivity contribution in [3.8, 4) is 17.4 Å². The van der Waals surface area contributed by atoms with Gasteiger partial charge in [-0.1, -0.05) is 35.9 Å². The number of halogens is 1. The van der Waals surface area contributed by atoms with E-state index in [1.54, 1.807) is 18.2 Å². The van der Waals surface area contributed by atoms with E-state index in [-0.39, 0.29) is 5.15 Å². The van der Waals surface area contributed by atoms with Crippen LogP contribution in [0, 0.1) is 0 Å². The van der Waals surface area contributed by atoms with E-state index in [4.69, 9.17) is 26.8 Å². The second-order valence-electron chi connectivity index (χ2n) is 4.31. The van der Waals surface area contributed by atoms with Gasteiger partial charge in [-0.05, 0) is 12.1 Å². The molecule has 3 aromatic rings. The highest BCUT2D eigenvalue weighted by molar-refractivity contribution is 6.29. The molecule has 1 amide bonds. The quantitative estimate of drug-likeness (QED) is 0.747. The first-order valence-electron chi connectivity index (χ1n) is 6.28. The summed E-state index contributed by atoms with van der Waals surface area (Å²) in [5.74, 6) is 1.21. The highest BCUT2D eigenvalue weighted by Gasteiger charge is 2.11. The summed E-state index contributed by atoms with van der Waals surface area (Å²) in [4.78, 5) is 18.7. The van der Waals surface area contributed by atoms with Crippen LogP contribution in [0.5, 0.6) is 17.4 Å². The van der Waals surface area contributed by atoms with Crippen LogP contribution >= 0.6 is 11.6 Å². The molecule has 0 aliphatic carbocycles. The molecule has 1 aromatic heterocycles. The van der Waals surface area contributed by atoms with E-state index in [1.165, 1.54) is 12.4 Å². The minimum Gasteiger partial charge on any atom is -0.438 e. The first kappa shape index (κ1) is 14.1. The van der Waals surface area contributed by atoms with Crippen LogP contribution < -0.4 is 15.2 Å². The van der Waals surface area contributed by atoms with Crippen LogP contribution in [-0.4, -0.2) is 16.1 Å². The Labute approximate surface area is 130 Å². The Bertz CT molecular complexity index is 854. The molecule has 7 heteroatoms. The third-order valence-electron chi connectivity index (χ3n) is 2.88. The lowest BCUT2D eigenvalue weighted by molar-refractivity contribution is 0.211. The number of primary amides is 1. The standard InChI is InChI=1S/C15H10ClN3O3/c16-13-7-14(19-8-18-13)21-11-5-6-12(22-15(17)20)10-4-2-1-3-9(10)11/h1-8H,(H2,17,20). The van der Waals surface area contributed by atoms with Crippen molar-refractivity contribution >= 4 is 28.5 Å². The molecule has 0 radical (unpaired) electrons. The van der Waals surface area contributed by atoms with E-state index in [9.17, 15) is 4.79 Å². The fourth-order valence-electron chi connectivity index (χ4n) is 2.02. The van der Waals surface area contributed by atoms with Crippen LogP contribution in [-0.2, 0) is 0 Å². The Morgan fingerprint density at radius 2 is 1.73 bits per heavy atom. The molecule has 3 rings (SSSR count). The number of benzene rings is 2. The number of fused-ring (bicyclic) bond motifs is 1. The number of aromatic nitrogens is 2. The van der Waals surface area contributed by atoms with Gasteiger partial charge in [0.25, 0.3) is 0 Å². The van der Waals surface area contributed by atoms with Crippen LogP contribution in [0.4, 0.5) is 4.79 Å². The van der Waals surface area contributed by atoms with Gasteiger partial charge in [0, 0.05) is 16.8 Å². The van der Waals surface area contributed by atoms with Crippen molar-refractivity contribution in [3.63, 3.8) is 0 Å². The van der Waals surface area contributed by atoms with Crippen molar-refractivity contribution in [3.05, 3.63) is 53.9 Å². The number of carbonyl (C=O) groups is 1. The number of nitrogens with zero attached hydrogens (tertiary/aromatic N) is 2. The highest BCUT2D eigenvalue weighted by atomic mass is 35.5. The van der Waals surface area contributed by atoms with Gasteiger partial charge in [0.05, 0.1) is 0 Å². The molecule has 0 fully saturated rings. The normalized spacial score (nSPS) is 10.4. The van der Waals surface area contributed by atoms with E-state index in [0.717, 1.165) is 5.39 Å². The molecular weight excluding hydrogens is 306 g/mol.